The van der Waals surface area contributed by atoms with Crippen LogP contribution in [-0.2, 0) is 15.1 Å². The zero-order valence-corrected chi connectivity index (χ0v) is 16.5. The van der Waals surface area contributed by atoms with Crippen molar-refractivity contribution in [3.8, 4) is 0 Å². The van der Waals surface area contributed by atoms with E-state index < -0.39 is 5.60 Å². The highest BCUT2D eigenvalue weighted by Crippen LogP contribution is 2.39. The van der Waals surface area contributed by atoms with Gasteiger partial charge in [-0.15, -0.1) is 0 Å². The van der Waals surface area contributed by atoms with Gasteiger partial charge in [-0.1, -0.05) is 58.4 Å². The van der Waals surface area contributed by atoms with Gasteiger partial charge in [-0.25, -0.2) is 4.79 Å². The number of amides is 1. The molecule has 1 unspecified atom stereocenters. The molecule has 136 valence electrons. The number of benzene rings is 2. The molecule has 1 aliphatic rings. The Balaban J connectivity index is 1.84. The standard InChI is InChI=1S/C21H22BrNO3/c1-15(24)14-21(18-6-4-3-5-7-18)12-13-23(20(25)26-21)16(2)17-8-10-19(22)11-9-17/h3-11,16H,12-14H2,1-2H3/t16?,21-/m0/s1. The number of ketones is 1. The Morgan fingerprint density at radius 2 is 1.85 bits per heavy atom. The SMILES string of the molecule is CC(=O)C[C@]1(c2ccccc2)CCN(C(C)c2ccc(Br)cc2)C(=O)O1. The average molecular weight is 416 g/mol. The number of rotatable bonds is 5. The van der Waals surface area contributed by atoms with Crippen molar-refractivity contribution >= 4 is 27.8 Å². The molecule has 0 aliphatic carbocycles. The van der Waals surface area contributed by atoms with Gasteiger partial charge in [0.15, 0.2) is 0 Å². The smallest absolute Gasteiger partial charge is 0.411 e. The molecule has 4 nitrogen and oxygen atoms in total. The number of halogens is 1. The van der Waals surface area contributed by atoms with E-state index >= 15 is 0 Å². The highest BCUT2D eigenvalue weighted by Gasteiger charge is 2.44. The lowest BCUT2D eigenvalue weighted by Crippen LogP contribution is -2.49. The summed E-state index contributed by atoms with van der Waals surface area (Å²) >= 11 is 3.43. The zero-order chi connectivity index (χ0) is 18.7. The van der Waals surface area contributed by atoms with E-state index in [4.69, 9.17) is 4.74 Å². The Morgan fingerprint density at radius 1 is 1.19 bits per heavy atom. The Kier molecular flexibility index (Phi) is 5.47. The minimum Gasteiger partial charge on any atom is -0.437 e. The summed E-state index contributed by atoms with van der Waals surface area (Å²) in [7, 11) is 0. The first-order valence-corrected chi connectivity index (χ1v) is 9.51. The van der Waals surface area contributed by atoms with Crippen LogP contribution < -0.4 is 0 Å². The van der Waals surface area contributed by atoms with Crippen molar-refractivity contribution in [1.82, 2.24) is 4.90 Å². The van der Waals surface area contributed by atoms with Gasteiger partial charge in [0.1, 0.15) is 11.4 Å². The van der Waals surface area contributed by atoms with Gasteiger partial charge in [-0.2, -0.15) is 0 Å². The number of nitrogens with zero attached hydrogens (tertiary/aromatic N) is 1. The number of carbonyl (C=O) groups is 2. The first kappa shape index (κ1) is 18.6. The molecule has 2 atom stereocenters. The molecule has 1 fully saturated rings. The molecule has 3 rings (SSSR count). The monoisotopic (exact) mass is 415 g/mol. The quantitative estimate of drug-likeness (QED) is 0.671. The molecule has 1 saturated heterocycles. The van der Waals surface area contributed by atoms with Gasteiger partial charge in [0.2, 0.25) is 0 Å². The number of ether oxygens (including phenoxy) is 1. The van der Waals surface area contributed by atoms with E-state index in [0.717, 1.165) is 15.6 Å². The summed E-state index contributed by atoms with van der Waals surface area (Å²) < 4.78 is 6.91. The van der Waals surface area contributed by atoms with Crippen LogP contribution in [0.2, 0.25) is 0 Å². The summed E-state index contributed by atoms with van der Waals surface area (Å²) in [5, 5.41) is 0. The van der Waals surface area contributed by atoms with E-state index in [1.54, 1.807) is 4.90 Å². The molecule has 0 aromatic heterocycles. The highest BCUT2D eigenvalue weighted by atomic mass is 79.9. The Morgan fingerprint density at radius 3 is 2.42 bits per heavy atom. The second-order valence-corrected chi connectivity index (χ2v) is 7.69. The molecule has 0 bridgehead atoms. The van der Waals surface area contributed by atoms with E-state index in [1.807, 2.05) is 61.5 Å². The van der Waals surface area contributed by atoms with Gasteiger partial charge in [0.25, 0.3) is 0 Å². The lowest BCUT2D eigenvalue weighted by atomic mass is 9.84. The third-order valence-electron chi connectivity index (χ3n) is 4.93. The Bertz CT molecular complexity index is 791. The second kappa shape index (κ2) is 7.62. The van der Waals surface area contributed by atoms with Gasteiger partial charge >= 0.3 is 6.09 Å². The normalized spacial score (nSPS) is 21.2. The van der Waals surface area contributed by atoms with Gasteiger partial charge in [-0.05, 0) is 37.1 Å². The van der Waals surface area contributed by atoms with Gasteiger partial charge < -0.3 is 9.64 Å². The second-order valence-electron chi connectivity index (χ2n) is 6.78. The van der Waals surface area contributed by atoms with Crippen molar-refractivity contribution in [1.29, 1.82) is 0 Å². The van der Waals surface area contributed by atoms with Crippen LogP contribution in [0.4, 0.5) is 4.79 Å². The number of carbonyl (C=O) groups excluding carboxylic acids is 2. The van der Waals surface area contributed by atoms with Crippen LogP contribution >= 0.6 is 15.9 Å². The van der Waals surface area contributed by atoms with E-state index in [2.05, 4.69) is 15.9 Å². The maximum absolute atomic E-state index is 12.8. The van der Waals surface area contributed by atoms with Crippen LogP contribution in [0.1, 0.15) is 43.9 Å². The van der Waals surface area contributed by atoms with E-state index in [1.165, 1.54) is 6.92 Å². The lowest BCUT2D eigenvalue weighted by Gasteiger charge is -2.43. The molecule has 2 aromatic rings. The fourth-order valence-corrected chi connectivity index (χ4v) is 3.78. The molecule has 0 spiro atoms. The van der Waals surface area contributed by atoms with Crippen molar-refractivity contribution < 1.29 is 14.3 Å². The highest BCUT2D eigenvalue weighted by molar-refractivity contribution is 9.10. The summed E-state index contributed by atoms with van der Waals surface area (Å²) in [5.41, 5.74) is 1.04. The van der Waals surface area contributed by atoms with Crippen molar-refractivity contribution in [2.24, 2.45) is 0 Å². The first-order valence-electron chi connectivity index (χ1n) is 8.71. The molecule has 5 heteroatoms. The van der Waals surface area contributed by atoms with Crippen LogP contribution in [-0.4, -0.2) is 23.3 Å². The molecule has 1 heterocycles. The largest absolute Gasteiger partial charge is 0.437 e. The van der Waals surface area contributed by atoms with Crippen LogP contribution in [0.5, 0.6) is 0 Å². The predicted octanol–water partition coefficient (Wildman–Crippen LogP) is 5.23. The molecule has 1 aliphatic heterocycles. The Labute approximate surface area is 162 Å². The summed E-state index contributed by atoms with van der Waals surface area (Å²) in [5.74, 6) is 0.0102. The number of cyclic esters (lactones) is 1. The minimum absolute atomic E-state index is 0.0102. The van der Waals surface area contributed by atoms with Gasteiger partial charge in [-0.3, -0.25) is 4.79 Å². The molecule has 0 N–H and O–H groups in total. The van der Waals surface area contributed by atoms with E-state index in [0.29, 0.717) is 13.0 Å². The molecule has 1 amide bonds. The maximum atomic E-state index is 12.8. The third kappa shape index (κ3) is 3.83. The van der Waals surface area contributed by atoms with Crippen LogP contribution in [0.25, 0.3) is 0 Å². The summed E-state index contributed by atoms with van der Waals surface area (Å²) in [6.07, 6.45) is 0.406. The van der Waals surface area contributed by atoms with Crippen molar-refractivity contribution in [2.75, 3.05) is 6.54 Å². The summed E-state index contributed by atoms with van der Waals surface area (Å²) in [4.78, 5) is 26.4. The van der Waals surface area contributed by atoms with Crippen LogP contribution in [0.3, 0.4) is 0 Å². The average Bonchev–Trinajstić information content (AvgIpc) is 2.62. The van der Waals surface area contributed by atoms with E-state index in [9.17, 15) is 9.59 Å². The molecule has 0 radical (unpaired) electrons. The van der Waals surface area contributed by atoms with Gasteiger partial charge in [0, 0.05) is 17.4 Å². The summed E-state index contributed by atoms with van der Waals surface area (Å²) in [6, 6.07) is 17.4. The maximum Gasteiger partial charge on any atom is 0.411 e. The fraction of sp³-hybridized carbons (Fsp3) is 0.333. The van der Waals surface area contributed by atoms with E-state index in [-0.39, 0.29) is 24.3 Å². The fourth-order valence-electron chi connectivity index (χ4n) is 3.52. The van der Waals surface area contributed by atoms with Crippen molar-refractivity contribution in [2.45, 2.75) is 38.3 Å². The number of Topliss-reactive ketones (excluding diaryl/α,β-unsaturated/α-hetero) is 1. The van der Waals surface area contributed by atoms with Crippen LogP contribution in [0, 0.1) is 0 Å². The van der Waals surface area contributed by atoms with Gasteiger partial charge in [0.05, 0.1) is 12.5 Å². The molecule has 0 saturated carbocycles. The van der Waals surface area contributed by atoms with Crippen LogP contribution in [0.15, 0.2) is 59.1 Å². The zero-order valence-electron chi connectivity index (χ0n) is 14.9. The number of hydrogen-bond acceptors (Lipinski definition) is 3. The number of hydrogen-bond donors (Lipinski definition) is 0. The lowest BCUT2D eigenvalue weighted by molar-refractivity contribution is -0.126. The topological polar surface area (TPSA) is 46.6 Å². The minimum atomic E-state index is -0.875. The molecule has 2 aromatic carbocycles. The Hall–Kier alpha value is -2.14. The molecular weight excluding hydrogens is 394 g/mol. The van der Waals surface area contributed by atoms with Crippen molar-refractivity contribution in [3.63, 3.8) is 0 Å². The first-order chi connectivity index (χ1) is 12.4. The predicted molar refractivity (Wildman–Crippen MR) is 104 cm³/mol. The third-order valence-corrected chi connectivity index (χ3v) is 5.46. The molecule has 26 heavy (non-hydrogen) atoms. The van der Waals surface area contributed by atoms with Crippen molar-refractivity contribution in [3.05, 3.63) is 70.2 Å². The molecular formula is C21H22BrNO3. The summed E-state index contributed by atoms with van der Waals surface area (Å²) in [6.45, 7) is 4.07.